The number of carbonyl (C=O) groups is 2. The van der Waals surface area contributed by atoms with Crippen molar-refractivity contribution in [2.45, 2.75) is 51.7 Å². The van der Waals surface area contributed by atoms with Crippen LogP contribution >= 0.6 is 0 Å². The molecule has 0 aliphatic carbocycles. The minimum atomic E-state index is -0.884. The van der Waals surface area contributed by atoms with Crippen LogP contribution in [0.2, 0.25) is 0 Å². The molecule has 0 heterocycles. The Bertz CT molecular complexity index is 858. The van der Waals surface area contributed by atoms with E-state index in [1.165, 1.54) is 21.3 Å². The Morgan fingerprint density at radius 1 is 0.969 bits per heavy atom. The monoisotopic (exact) mass is 443 g/mol. The maximum absolute atomic E-state index is 12.6. The zero-order valence-corrected chi connectivity index (χ0v) is 19.5. The molecule has 2 aromatic rings. The predicted molar refractivity (Wildman–Crippen MR) is 122 cm³/mol. The minimum Gasteiger partial charge on any atom is -0.493 e. The molecule has 0 fully saturated rings. The number of rotatable bonds is 12. The summed E-state index contributed by atoms with van der Waals surface area (Å²) < 4.78 is 21.4. The van der Waals surface area contributed by atoms with Crippen molar-refractivity contribution in [2.75, 3.05) is 21.3 Å². The van der Waals surface area contributed by atoms with E-state index in [1.54, 1.807) is 19.1 Å². The second-order valence-electron chi connectivity index (χ2n) is 7.43. The first-order valence-electron chi connectivity index (χ1n) is 10.8. The molecular formula is C25H33NO6. The standard InChI is InChI=1S/C25H33NO6/c1-6-10-20(19-11-8-7-9-12-19)26-25(28)17(2)32-23(27)14-13-18-15-21(29-3)24(31-5)22(16-18)30-4/h7-9,11-12,15-17,20H,6,10,13-14H2,1-5H3,(H,26,28). The molecule has 32 heavy (non-hydrogen) atoms. The molecule has 7 nitrogen and oxygen atoms in total. The topological polar surface area (TPSA) is 83.1 Å². The molecular weight excluding hydrogens is 410 g/mol. The molecule has 0 aliphatic heterocycles. The van der Waals surface area contributed by atoms with Crippen LogP contribution < -0.4 is 19.5 Å². The molecule has 0 saturated heterocycles. The summed E-state index contributed by atoms with van der Waals surface area (Å²) in [5, 5.41) is 2.99. The summed E-state index contributed by atoms with van der Waals surface area (Å²) in [6, 6.07) is 13.2. The van der Waals surface area contributed by atoms with Crippen LogP contribution in [0.4, 0.5) is 0 Å². The lowest BCUT2D eigenvalue weighted by molar-refractivity contribution is -0.155. The lowest BCUT2D eigenvalue weighted by Gasteiger charge is -2.21. The second-order valence-corrected chi connectivity index (χ2v) is 7.43. The van der Waals surface area contributed by atoms with Crippen LogP contribution in [0.15, 0.2) is 42.5 Å². The van der Waals surface area contributed by atoms with Gasteiger partial charge in [-0.15, -0.1) is 0 Å². The third kappa shape index (κ3) is 6.90. The summed E-state index contributed by atoms with van der Waals surface area (Å²) in [7, 11) is 4.61. The summed E-state index contributed by atoms with van der Waals surface area (Å²) >= 11 is 0. The van der Waals surface area contributed by atoms with Gasteiger partial charge in [-0.2, -0.15) is 0 Å². The van der Waals surface area contributed by atoms with Crippen molar-refractivity contribution >= 4 is 11.9 Å². The molecule has 0 aliphatic rings. The smallest absolute Gasteiger partial charge is 0.306 e. The molecule has 1 amide bonds. The molecule has 0 bridgehead atoms. The van der Waals surface area contributed by atoms with Gasteiger partial charge in [0.25, 0.3) is 5.91 Å². The van der Waals surface area contributed by atoms with Crippen LogP contribution in [0, 0.1) is 0 Å². The minimum absolute atomic E-state index is 0.117. The fourth-order valence-corrected chi connectivity index (χ4v) is 3.42. The predicted octanol–water partition coefficient (Wildman–Crippen LogP) is 4.23. The molecule has 2 atom stereocenters. The van der Waals surface area contributed by atoms with Gasteiger partial charge in [0.05, 0.1) is 27.4 Å². The Hall–Kier alpha value is -3.22. The third-order valence-corrected chi connectivity index (χ3v) is 5.12. The molecule has 2 aromatic carbocycles. The number of benzene rings is 2. The number of amides is 1. The highest BCUT2D eigenvalue weighted by Crippen LogP contribution is 2.38. The molecule has 0 saturated carbocycles. The van der Waals surface area contributed by atoms with E-state index >= 15 is 0 Å². The third-order valence-electron chi connectivity index (χ3n) is 5.12. The molecule has 7 heteroatoms. The molecule has 0 radical (unpaired) electrons. The van der Waals surface area contributed by atoms with Gasteiger partial charge in [-0.05, 0) is 43.0 Å². The Labute approximate surface area is 190 Å². The van der Waals surface area contributed by atoms with E-state index < -0.39 is 12.1 Å². The number of hydrogen-bond acceptors (Lipinski definition) is 6. The zero-order chi connectivity index (χ0) is 23.5. The zero-order valence-electron chi connectivity index (χ0n) is 19.5. The number of carbonyl (C=O) groups excluding carboxylic acids is 2. The first kappa shape index (κ1) is 25.0. The van der Waals surface area contributed by atoms with Gasteiger partial charge in [0.1, 0.15) is 0 Å². The fourth-order valence-electron chi connectivity index (χ4n) is 3.42. The normalized spacial score (nSPS) is 12.4. The van der Waals surface area contributed by atoms with Gasteiger partial charge >= 0.3 is 5.97 Å². The van der Waals surface area contributed by atoms with Crippen molar-refractivity contribution in [3.05, 3.63) is 53.6 Å². The number of ether oxygens (including phenoxy) is 4. The number of hydrogen-bond donors (Lipinski definition) is 1. The average molecular weight is 444 g/mol. The Morgan fingerprint density at radius 3 is 2.12 bits per heavy atom. The number of nitrogens with one attached hydrogen (secondary N) is 1. The van der Waals surface area contributed by atoms with E-state index in [0.29, 0.717) is 23.7 Å². The van der Waals surface area contributed by atoms with E-state index in [-0.39, 0.29) is 18.4 Å². The van der Waals surface area contributed by atoms with Gasteiger partial charge in [-0.3, -0.25) is 9.59 Å². The van der Waals surface area contributed by atoms with Crippen molar-refractivity contribution in [3.63, 3.8) is 0 Å². The Kier molecular flexibility index (Phi) is 9.85. The first-order chi connectivity index (χ1) is 15.4. The van der Waals surface area contributed by atoms with Crippen LogP contribution in [0.3, 0.4) is 0 Å². The molecule has 1 N–H and O–H groups in total. The number of aryl methyl sites for hydroxylation is 1. The average Bonchev–Trinajstić information content (AvgIpc) is 2.82. The largest absolute Gasteiger partial charge is 0.493 e. The van der Waals surface area contributed by atoms with Crippen LogP contribution in [-0.4, -0.2) is 39.3 Å². The maximum Gasteiger partial charge on any atom is 0.306 e. The van der Waals surface area contributed by atoms with Gasteiger partial charge in [0.15, 0.2) is 17.6 Å². The highest BCUT2D eigenvalue weighted by molar-refractivity contribution is 5.83. The van der Waals surface area contributed by atoms with E-state index in [2.05, 4.69) is 12.2 Å². The van der Waals surface area contributed by atoms with E-state index in [9.17, 15) is 9.59 Å². The second kappa shape index (κ2) is 12.6. The fraction of sp³-hybridized carbons (Fsp3) is 0.440. The van der Waals surface area contributed by atoms with Crippen molar-refractivity contribution in [2.24, 2.45) is 0 Å². The van der Waals surface area contributed by atoms with Crippen molar-refractivity contribution in [1.29, 1.82) is 0 Å². The quantitative estimate of drug-likeness (QED) is 0.494. The Balaban J connectivity index is 1.94. The van der Waals surface area contributed by atoms with Crippen LogP contribution in [0.5, 0.6) is 17.2 Å². The van der Waals surface area contributed by atoms with E-state index in [0.717, 1.165) is 24.0 Å². The summed E-state index contributed by atoms with van der Waals surface area (Å²) in [5.74, 6) is 0.768. The van der Waals surface area contributed by atoms with E-state index in [1.807, 2.05) is 30.3 Å². The Morgan fingerprint density at radius 2 is 1.59 bits per heavy atom. The lowest BCUT2D eigenvalue weighted by Crippen LogP contribution is -2.38. The lowest BCUT2D eigenvalue weighted by atomic mass is 10.0. The number of esters is 1. The van der Waals surface area contributed by atoms with Crippen molar-refractivity contribution < 1.29 is 28.5 Å². The van der Waals surface area contributed by atoms with Gasteiger partial charge in [0.2, 0.25) is 5.75 Å². The maximum atomic E-state index is 12.6. The molecule has 2 unspecified atom stereocenters. The van der Waals surface area contributed by atoms with Gasteiger partial charge in [-0.1, -0.05) is 43.7 Å². The van der Waals surface area contributed by atoms with Crippen LogP contribution in [-0.2, 0) is 20.7 Å². The molecule has 2 rings (SSSR count). The molecule has 0 aromatic heterocycles. The van der Waals surface area contributed by atoms with Gasteiger partial charge < -0.3 is 24.3 Å². The van der Waals surface area contributed by atoms with E-state index in [4.69, 9.17) is 18.9 Å². The summed E-state index contributed by atoms with van der Waals surface area (Å²) in [6.45, 7) is 3.65. The highest BCUT2D eigenvalue weighted by Gasteiger charge is 2.22. The SMILES string of the molecule is CCCC(NC(=O)C(C)OC(=O)CCc1cc(OC)c(OC)c(OC)c1)c1ccccc1. The summed E-state index contributed by atoms with van der Waals surface area (Å²) in [6.07, 6.45) is 1.37. The summed E-state index contributed by atoms with van der Waals surface area (Å²) in [4.78, 5) is 25.0. The van der Waals surface area contributed by atoms with Crippen molar-refractivity contribution in [1.82, 2.24) is 5.32 Å². The number of methoxy groups -OCH3 is 3. The summed E-state index contributed by atoms with van der Waals surface area (Å²) in [5.41, 5.74) is 1.87. The molecule has 174 valence electrons. The highest BCUT2D eigenvalue weighted by atomic mass is 16.5. The van der Waals surface area contributed by atoms with Crippen LogP contribution in [0.1, 0.15) is 50.3 Å². The van der Waals surface area contributed by atoms with Crippen LogP contribution in [0.25, 0.3) is 0 Å². The first-order valence-corrected chi connectivity index (χ1v) is 10.8. The van der Waals surface area contributed by atoms with Gasteiger partial charge in [-0.25, -0.2) is 0 Å². The van der Waals surface area contributed by atoms with Gasteiger partial charge in [0, 0.05) is 6.42 Å². The van der Waals surface area contributed by atoms with Crippen molar-refractivity contribution in [3.8, 4) is 17.2 Å². The molecule has 0 spiro atoms.